The molecule has 1 aromatic carbocycles. The minimum atomic E-state index is 0.0327. The number of ketones is 1. The van der Waals surface area contributed by atoms with Crippen molar-refractivity contribution in [2.24, 2.45) is 0 Å². The van der Waals surface area contributed by atoms with Crippen LogP contribution in [0.25, 0.3) is 11.4 Å². The van der Waals surface area contributed by atoms with Gasteiger partial charge in [-0.25, -0.2) is 0 Å². The zero-order chi connectivity index (χ0) is 18.5. The molecule has 3 aromatic rings. The molecule has 0 fully saturated rings. The maximum atomic E-state index is 12.3. The topological polar surface area (TPSA) is 57.0 Å². The summed E-state index contributed by atoms with van der Waals surface area (Å²) in [4.78, 5) is 13.0. The molecule has 0 aliphatic heterocycles. The molecule has 0 spiro atoms. The molecule has 0 aliphatic rings. The van der Waals surface area contributed by atoms with Gasteiger partial charge in [0, 0.05) is 12.7 Å². The number of Topliss-reactive ketones (excluding diaryl/α,β-unsaturated/α-hetero) is 1. The Hall–Kier alpha value is -1.67. The third-order valence-electron chi connectivity index (χ3n) is 3.69. The molecule has 0 N–H and O–H groups in total. The SMILES string of the molecule is COCCn1c(SCC(=O)c2ccc(Cl)s2)nnc1-c1cccc(C)c1. The van der Waals surface area contributed by atoms with E-state index in [1.165, 1.54) is 23.1 Å². The average molecular weight is 408 g/mol. The number of halogens is 1. The second-order valence-corrected chi connectivity index (χ2v) is 8.29. The lowest BCUT2D eigenvalue weighted by molar-refractivity contribution is 0.102. The fourth-order valence-electron chi connectivity index (χ4n) is 2.44. The van der Waals surface area contributed by atoms with Gasteiger partial charge in [-0.2, -0.15) is 0 Å². The Morgan fingerprint density at radius 1 is 1.31 bits per heavy atom. The van der Waals surface area contributed by atoms with E-state index in [0.717, 1.165) is 17.0 Å². The molecular weight excluding hydrogens is 390 g/mol. The normalized spacial score (nSPS) is 11.0. The summed E-state index contributed by atoms with van der Waals surface area (Å²) in [7, 11) is 1.66. The summed E-state index contributed by atoms with van der Waals surface area (Å²) in [6, 6.07) is 11.6. The molecule has 3 rings (SSSR count). The molecule has 0 radical (unpaired) electrons. The fraction of sp³-hybridized carbons (Fsp3) is 0.278. The first-order valence-corrected chi connectivity index (χ1v) is 10.2. The number of hydrogen-bond acceptors (Lipinski definition) is 6. The smallest absolute Gasteiger partial charge is 0.192 e. The summed E-state index contributed by atoms with van der Waals surface area (Å²) in [6.07, 6.45) is 0. The van der Waals surface area contributed by atoms with Gasteiger partial charge in [-0.3, -0.25) is 9.36 Å². The molecule has 5 nitrogen and oxygen atoms in total. The van der Waals surface area contributed by atoms with Crippen LogP contribution in [0.1, 0.15) is 15.2 Å². The largest absolute Gasteiger partial charge is 0.383 e. The summed E-state index contributed by atoms with van der Waals surface area (Å²) >= 11 is 8.58. The van der Waals surface area contributed by atoms with Crippen molar-refractivity contribution in [3.05, 3.63) is 51.2 Å². The van der Waals surface area contributed by atoms with Crippen molar-refractivity contribution in [3.8, 4) is 11.4 Å². The Labute approximate surface area is 165 Å². The molecular formula is C18H18ClN3O2S2. The molecule has 136 valence electrons. The zero-order valence-electron chi connectivity index (χ0n) is 14.4. The Bertz CT molecular complexity index is 907. The van der Waals surface area contributed by atoms with E-state index in [9.17, 15) is 4.79 Å². The van der Waals surface area contributed by atoms with Gasteiger partial charge >= 0.3 is 0 Å². The van der Waals surface area contributed by atoms with Crippen molar-refractivity contribution in [1.82, 2.24) is 14.8 Å². The minimum absolute atomic E-state index is 0.0327. The van der Waals surface area contributed by atoms with Gasteiger partial charge in [-0.15, -0.1) is 21.5 Å². The molecule has 0 aliphatic carbocycles. The van der Waals surface area contributed by atoms with Crippen molar-refractivity contribution in [1.29, 1.82) is 0 Å². The van der Waals surface area contributed by atoms with Crippen LogP contribution in [0.3, 0.4) is 0 Å². The predicted molar refractivity (Wildman–Crippen MR) is 106 cm³/mol. The second-order valence-electron chi connectivity index (χ2n) is 5.64. The van der Waals surface area contributed by atoms with E-state index < -0.39 is 0 Å². The minimum Gasteiger partial charge on any atom is -0.383 e. The van der Waals surface area contributed by atoms with Gasteiger partial charge in [0.1, 0.15) is 0 Å². The number of carbonyl (C=O) groups is 1. The number of rotatable bonds is 8. The lowest BCUT2D eigenvalue weighted by Crippen LogP contribution is -2.09. The first-order chi connectivity index (χ1) is 12.6. The number of thiophene rings is 1. The quantitative estimate of drug-likeness (QED) is 0.403. The van der Waals surface area contributed by atoms with Crippen LogP contribution in [-0.4, -0.2) is 40.0 Å². The van der Waals surface area contributed by atoms with Crippen LogP contribution in [0.4, 0.5) is 0 Å². The van der Waals surface area contributed by atoms with Gasteiger partial charge in [0.25, 0.3) is 0 Å². The summed E-state index contributed by atoms with van der Waals surface area (Å²) in [5.74, 6) is 1.10. The van der Waals surface area contributed by atoms with Crippen LogP contribution in [-0.2, 0) is 11.3 Å². The van der Waals surface area contributed by atoms with E-state index in [1.807, 2.05) is 29.7 Å². The predicted octanol–water partition coefficient (Wildman–Crippen LogP) is 4.59. The van der Waals surface area contributed by atoms with E-state index in [4.69, 9.17) is 16.3 Å². The summed E-state index contributed by atoms with van der Waals surface area (Å²) in [6.45, 7) is 3.20. The fourth-order valence-corrected chi connectivity index (χ4v) is 4.36. The molecule has 0 amide bonds. The van der Waals surface area contributed by atoms with E-state index in [1.54, 1.807) is 19.2 Å². The molecule has 8 heteroatoms. The van der Waals surface area contributed by atoms with Crippen LogP contribution in [0.15, 0.2) is 41.6 Å². The molecule has 0 bridgehead atoms. The molecule has 2 heterocycles. The first kappa shape index (κ1) is 19.1. The monoisotopic (exact) mass is 407 g/mol. The van der Waals surface area contributed by atoms with Gasteiger partial charge in [-0.05, 0) is 25.1 Å². The van der Waals surface area contributed by atoms with Crippen LogP contribution in [0.5, 0.6) is 0 Å². The van der Waals surface area contributed by atoms with E-state index >= 15 is 0 Å². The summed E-state index contributed by atoms with van der Waals surface area (Å²) < 4.78 is 7.83. The van der Waals surface area contributed by atoms with Crippen molar-refractivity contribution in [2.45, 2.75) is 18.6 Å². The number of nitrogens with zero attached hydrogens (tertiary/aromatic N) is 3. The Morgan fingerprint density at radius 3 is 2.85 bits per heavy atom. The average Bonchev–Trinajstić information content (AvgIpc) is 3.24. The maximum Gasteiger partial charge on any atom is 0.192 e. The molecule has 0 saturated carbocycles. The summed E-state index contributed by atoms with van der Waals surface area (Å²) in [5, 5.41) is 9.34. The highest BCUT2D eigenvalue weighted by Gasteiger charge is 2.17. The summed E-state index contributed by atoms with van der Waals surface area (Å²) in [5.41, 5.74) is 2.15. The number of benzene rings is 1. The van der Waals surface area contributed by atoms with Crippen molar-refractivity contribution < 1.29 is 9.53 Å². The molecule has 0 atom stereocenters. The highest BCUT2D eigenvalue weighted by Crippen LogP contribution is 2.27. The van der Waals surface area contributed by atoms with E-state index in [2.05, 4.69) is 16.3 Å². The van der Waals surface area contributed by atoms with Crippen molar-refractivity contribution in [3.63, 3.8) is 0 Å². The zero-order valence-corrected chi connectivity index (χ0v) is 16.8. The third kappa shape index (κ3) is 4.54. The molecule has 26 heavy (non-hydrogen) atoms. The lowest BCUT2D eigenvalue weighted by atomic mass is 10.1. The van der Waals surface area contributed by atoms with E-state index in [0.29, 0.717) is 27.5 Å². The van der Waals surface area contributed by atoms with Crippen LogP contribution in [0.2, 0.25) is 4.34 Å². The van der Waals surface area contributed by atoms with Gasteiger partial charge < -0.3 is 4.74 Å². The van der Waals surface area contributed by atoms with Gasteiger partial charge in [0.15, 0.2) is 16.8 Å². The number of carbonyl (C=O) groups excluding carboxylic acids is 1. The van der Waals surface area contributed by atoms with Crippen LogP contribution >= 0.6 is 34.7 Å². The first-order valence-electron chi connectivity index (χ1n) is 7.99. The number of hydrogen-bond donors (Lipinski definition) is 0. The number of aryl methyl sites for hydroxylation is 1. The highest BCUT2D eigenvalue weighted by atomic mass is 35.5. The van der Waals surface area contributed by atoms with Gasteiger partial charge in [-0.1, -0.05) is 47.1 Å². The Morgan fingerprint density at radius 2 is 2.15 bits per heavy atom. The van der Waals surface area contributed by atoms with Crippen LogP contribution < -0.4 is 0 Å². The maximum absolute atomic E-state index is 12.3. The third-order valence-corrected chi connectivity index (χ3v) is 5.93. The second kappa shape index (κ2) is 8.81. The van der Waals surface area contributed by atoms with Crippen molar-refractivity contribution in [2.75, 3.05) is 19.5 Å². The number of ether oxygens (including phenoxy) is 1. The van der Waals surface area contributed by atoms with Crippen molar-refractivity contribution >= 4 is 40.5 Å². The Balaban J connectivity index is 1.81. The van der Waals surface area contributed by atoms with Gasteiger partial charge in [0.05, 0.1) is 28.1 Å². The molecule has 2 aromatic heterocycles. The van der Waals surface area contributed by atoms with Crippen LogP contribution in [0, 0.1) is 6.92 Å². The number of aromatic nitrogens is 3. The standard InChI is InChI=1S/C18H18ClN3O2S2/c1-12-4-3-5-13(10-12)17-20-21-18(22(17)8-9-24-2)25-11-14(23)15-6-7-16(19)26-15/h3-7,10H,8-9,11H2,1-2H3. The highest BCUT2D eigenvalue weighted by molar-refractivity contribution is 7.99. The lowest BCUT2D eigenvalue weighted by Gasteiger charge is -2.09. The molecule has 0 unspecified atom stereocenters. The number of methoxy groups -OCH3 is 1. The van der Waals surface area contributed by atoms with Gasteiger partial charge in [0.2, 0.25) is 0 Å². The number of thioether (sulfide) groups is 1. The molecule has 0 saturated heterocycles. The Kier molecular flexibility index (Phi) is 6.48. The van der Waals surface area contributed by atoms with E-state index in [-0.39, 0.29) is 11.5 Å².